The first-order valence-corrected chi connectivity index (χ1v) is 5.37. The van der Waals surface area contributed by atoms with Gasteiger partial charge >= 0.3 is 0 Å². The van der Waals surface area contributed by atoms with Crippen molar-refractivity contribution in [3.63, 3.8) is 0 Å². The smallest absolute Gasteiger partial charge is 0.141 e. The Labute approximate surface area is 94.1 Å². The Morgan fingerprint density at radius 2 is 2.07 bits per heavy atom. The molecule has 0 unspecified atom stereocenters. The Bertz CT molecular complexity index is 470. The molecule has 0 amide bonds. The molecule has 5 heteroatoms. The van der Waals surface area contributed by atoms with Crippen LogP contribution in [0.15, 0.2) is 23.6 Å². The lowest BCUT2D eigenvalue weighted by molar-refractivity contribution is 0.628. The Morgan fingerprint density at radius 3 is 2.64 bits per heavy atom. The molecule has 2 rings (SSSR count). The Hall–Kier alpha value is -0.640. The van der Waals surface area contributed by atoms with Gasteiger partial charge in [-0.3, -0.25) is 0 Å². The lowest BCUT2D eigenvalue weighted by Gasteiger charge is -1.97. The van der Waals surface area contributed by atoms with E-state index in [1.807, 2.05) is 0 Å². The summed E-state index contributed by atoms with van der Waals surface area (Å²) in [6.45, 7) is 0. The molecule has 0 N–H and O–H groups in total. The van der Waals surface area contributed by atoms with Crippen LogP contribution in [0.3, 0.4) is 0 Å². The van der Waals surface area contributed by atoms with Crippen molar-refractivity contribution in [2.24, 2.45) is 0 Å². The second-order valence-corrected chi connectivity index (χ2v) is 4.26. The maximum absolute atomic E-state index is 12.8. The summed E-state index contributed by atoms with van der Waals surface area (Å²) < 4.78 is 12.8. The topological polar surface area (TPSA) is 12.9 Å². The largest absolute Gasteiger partial charge is 0.224 e. The van der Waals surface area contributed by atoms with Gasteiger partial charge in [-0.15, -0.1) is 11.3 Å². The van der Waals surface area contributed by atoms with E-state index >= 15 is 0 Å². The van der Waals surface area contributed by atoms with Crippen molar-refractivity contribution in [3.05, 3.63) is 39.6 Å². The Morgan fingerprint density at radius 1 is 1.29 bits per heavy atom. The number of hydrogen-bond acceptors (Lipinski definition) is 2. The van der Waals surface area contributed by atoms with Crippen LogP contribution in [-0.4, -0.2) is 4.98 Å². The molecule has 0 bridgehead atoms. The van der Waals surface area contributed by atoms with Crippen molar-refractivity contribution in [3.8, 4) is 10.6 Å². The van der Waals surface area contributed by atoms with E-state index in [9.17, 15) is 4.39 Å². The van der Waals surface area contributed by atoms with Crippen LogP contribution in [0, 0.1) is 5.82 Å². The van der Waals surface area contributed by atoms with E-state index in [0.29, 0.717) is 5.15 Å². The van der Waals surface area contributed by atoms with Gasteiger partial charge in [0.05, 0.1) is 5.02 Å². The van der Waals surface area contributed by atoms with Crippen molar-refractivity contribution >= 4 is 34.5 Å². The normalized spacial score (nSPS) is 10.5. The average Bonchev–Trinajstić information content (AvgIpc) is 2.57. The highest BCUT2D eigenvalue weighted by Crippen LogP contribution is 2.28. The Kier molecular flexibility index (Phi) is 2.72. The van der Waals surface area contributed by atoms with Gasteiger partial charge < -0.3 is 0 Å². The van der Waals surface area contributed by atoms with Crippen LogP contribution in [0.25, 0.3) is 10.6 Å². The third kappa shape index (κ3) is 1.90. The lowest BCUT2D eigenvalue weighted by Crippen LogP contribution is -1.79. The SMILES string of the molecule is Fc1ccc(-c2nc(Cl)cs2)cc1Cl. The van der Waals surface area contributed by atoms with E-state index in [2.05, 4.69) is 4.98 Å². The molecule has 0 saturated carbocycles. The standard InChI is InChI=1S/C9H4Cl2FNS/c10-6-3-5(1-2-7(6)12)9-13-8(11)4-14-9/h1-4H. The molecule has 1 aromatic heterocycles. The summed E-state index contributed by atoms with van der Waals surface area (Å²) in [5.41, 5.74) is 0.772. The summed E-state index contributed by atoms with van der Waals surface area (Å²) in [5, 5.41) is 2.98. The molecule has 1 heterocycles. The number of thiazole rings is 1. The van der Waals surface area contributed by atoms with E-state index in [1.54, 1.807) is 11.4 Å². The van der Waals surface area contributed by atoms with Crippen LogP contribution in [0.2, 0.25) is 10.2 Å². The van der Waals surface area contributed by atoms with Crippen LogP contribution in [0.4, 0.5) is 4.39 Å². The number of benzene rings is 1. The van der Waals surface area contributed by atoms with Gasteiger partial charge in [0.15, 0.2) is 0 Å². The monoisotopic (exact) mass is 247 g/mol. The minimum atomic E-state index is -0.432. The molecule has 0 spiro atoms. The number of aromatic nitrogens is 1. The fourth-order valence-corrected chi connectivity index (χ4v) is 2.14. The summed E-state index contributed by atoms with van der Waals surface area (Å²) in [6.07, 6.45) is 0. The predicted octanol–water partition coefficient (Wildman–Crippen LogP) is 4.26. The van der Waals surface area contributed by atoms with Gasteiger partial charge in [-0.1, -0.05) is 23.2 Å². The number of hydrogen-bond donors (Lipinski definition) is 0. The molecule has 0 aliphatic heterocycles. The lowest BCUT2D eigenvalue weighted by atomic mass is 10.2. The average molecular weight is 248 g/mol. The molecule has 14 heavy (non-hydrogen) atoms. The first-order chi connectivity index (χ1) is 6.66. The molecule has 0 aliphatic rings. The summed E-state index contributed by atoms with van der Waals surface area (Å²) in [6, 6.07) is 4.47. The zero-order chi connectivity index (χ0) is 10.1. The van der Waals surface area contributed by atoms with Crippen LogP contribution >= 0.6 is 34.5 Å². The van der Waals surface area contributed by atoms with Crippen molar-refractivity contribution in [2.45, 2.75) is 0 Å². The summed E-state index contributed by atoms with van der Waals surface area (Å²) in [5.74, 6) is -0.432. The predicted molar refractivity (Wildman–Crippen MR) is 57.5 cm³/mol. The minimum absolute atomic E-state index is 0.0915. The highest BCUT2D eigenvalue weighted by molar-refractivity contribution is 7.13. The zero-order valence-corrected chi connectivity index (χ0v) is 9.13. The van der Waals surface area contributed by atoms with Crippen LogP contribution < -0.4 is 0 Å². The summed E-state index contributed by atoms with van der Waals surface area (Å²) in [4.78, 5) is 4.05. The van der Waals surface area contributed by atoms with Crippen molar-refractivity contribution in [1.82, 2.24) is 4.98 Å². The van der Waals surface area contributed by atoms with E-state index < -0.39 is 5.82 Å². The third-order valence-corrected chi connectivity index (χ3v) is 3.15. The first kappa shape index (κ1) is 9.90. The van der Waals surface area contributed by atoms with Crippen LogP contribution in [0.5, 0.6) is 0 Å². The second kappa shape index (κ2) is 3.85. The van der Waals surface area contributed by atoms with Gasteiger partial charge in [0, 0.05) is 10.9 Å². The van der Waals surface area contributed by atoms with E-state index in [-0.39, 0.29) is 5.02 Å². The van der Waals surface area contributed by atoms with Gasteiger partial charge in [0.2, 0.25) is 0 Å². The molecule has 0 atom stereocenters. The first-order valence-electron chi connectivity index (χ1n) is 3.73. The third-order valence-electron chi connectivity index (χ3n) is 1.64. The zero-order valence-electron chi connectivity index (χ0n) is 6.80. The molecule has 0 fully saturated rings. The molecule has 2 aromatic rings. The maximum atomic E-state index is 12.8. The fraction of sp³-hybridized carbons (Fsp3) is 0. The summed E-state index contributed by atoms with van der Waals surface area (Å²) >= 11 is 12.7. The van der Waals surface area contributed by atoms with Crippen molar-refractivity contribution in [2.75, 3.05) is 0 Å². The molecule has 1 nitrogen and oxygen atoms in total. The van der Waals surface area contributed by atoms with Crippen LogP contribution in [0.1, 0.15) is 0 Å². The van der Waals surface area contributed by atoms with Gasteiger partial charge in [-0.2, -0.15) is 0 Å². The highest BCUT2D eigenvalue weighted by atomic mass is 35.5. The van der Waals surface area contributed by atoms with Crippen molar-refractivity contribution in [1.29, 1.82) is 0 Å². The second-order valence-electron chi connectivity index (χ2n) is 2.60. The number of nitrogens with zero attached hydrogens (tertiary/aromatic N) is 1. The van der Waals surface area contributed by atoms with Crippen molar-refractivity contribution < 1.29 is 4.39 Å². The summed E-state index contributed by atoms with van der Waals surface area (Å²) in [7, 11) is 0. The van der Waals surface area contributed by atoms with E-state index in [0.717, 1.165) is 10.6 Å². The molecule has 1 aromatic carbocycles. The molecule has 72 valence electrons. The fourth-order valence-electron chi connectivity index (χ4n) is 1.02. The number of rotatable bonds is 1. The van der Waals surface area contributed by atoms with E-state index in [1.165, 1.54) is 23.5 Å². The minimum Gasteiger partial charge on any atom is -0.224 e. The molecule has 0 aliphatic carbocycles. The van der Waals surface area contributed by atoms with Gasteiger partial charge in [0.1, 0.15) is 16.0 Å². The van der Waals surface area contributed by atoms with Gasteiger partial charge in [-0.05, 0) is 18.2 Å². The molecular weight excluding hydrogens is 244 g/mol. The van der Waals surface area contributed by atoms with Crippen LogP contribution in [-0.2, 0) is 0 Å². The highest BCUT2D eigenvalue weighted by Gasteiger charge is 2.06. The quantitative estimate of drug-likeness (QED) is 0.734. The van der Waals surface area contributed by atoms with E-state index in [4.69, 9.17) is 23.2 Å². The molecule has 0 saturated heterocycles. The maximum Gasteiger partial charge on any atom is 0.141 e. The Balaban J connectivity index is 2.47. The molecular formula is C9H4Cl2FNS. The van der Waals surface area contributed by atoms with Gasteiger partial charge in [-0.25, -0.2) is 9.37 Å². The van der Waals surface area contributed by atoms with Gasteiger partial charge in [0.25, 0.3) is 0 Å². The number of halogens is 3. The molecule has 0 radical (unpaired) electrons.